The summed E-state index contributed by atoms with van der Waals surface area (Å²) in [6.45, 7) is 4.66. The van der Waals surface area contributed by atoms with Gasteiger partial charge in [0.15, 0.2) is 11.6 Å². The maximum Gasteiger partial charge on any atom is 0.181 e. The summed E-state index contributed by atoms with van der Waals surface area (Å²) in [6, 6.07) is 8.18. The largest absolute Gasteiger partial charge is 0.330 e. The minimum Gasteiger partial charge on any atom is -0.330 e. The van der Waals surface area contributed by atoms with E-state index in [1.807, 2.05) is 19.1 Å². The molecule has 0 bridgehead atoms. The number of aromatic nitrogens is 4. The molecule has 0 spiro atoms. The van der Waals surface area contributed by atoms with Crippen LogP contribution >= 0.6 is 11.3 Å². The Hall–Kier alpha value is -2.05. The Bertz CT molecular complexity index is 742. The van der Waals surface area contributed by atoms with Crippen LogP contribution in [0.1, 0.15) is 16.3 Å². The maximum absolute atomic E-state index is 5.58. The van der Waals surface area contributed by atoms with E-state index in [1.54, 1.807) is 11.3 Å². The lowest BCUT2D eigenvalue weighted by molar-refractivity contribution is 0.945. The molecule has 0 unspecified atom stereocenters. The summed E-state index contributed by atoms with van der Waals surface area (Å²) in [5.41, 5.74) is 8.78. The third-order valence-electron chi connectivity index (χ3n) is 3.21. The molecule has 2 aromatic heterocycles. The Labute approximate surface area is 127 Å². The molecule has 0 fully saturated rings. The first kappa shape index (κ1) is 13.9. The number of hydrogen-bond donors (Lipinski definition) is 2. The Morgan fingerprint density at radius 3 is 2.62 bits per heavy atom. The lowest BCUT2D eigenvalue weighted by Gasteiger charge is -1.95. The van der Waals surface area contributed by atoms with Crippen LogP contribution in [0.5, 0.6) is 0 Å². The van der Waals surface area contributed by atoms with Crippen molar-refractivity contribution in [3.05, 3.63) is 40.5 Å². The first-order valence-corrected chi connectivity index (χ1v) is 7.65. The zero-order valence-electron chi connectivity index (χ0n) is 12.1. The van der Waals surface area contributed by atoms with Crippen LogP contribution in [0.15, 0.2) is 24.3 Å². The number of benzene rings is 1. The lowest BCUT2D eigenvalue weighted by atomic mass is 10.1. The number of nitrogens with zero attached hydrogens (tertiary/aromatic N) is 3. The summed E-state index contributed by atoms with van der Waals surface area (Å²) in [5, 5.41) is 8.36. The average Bonchev–Trinajstić information content (AvgIpc) is 3.07. The minimum absolute atomic E-state index is 0.609. The Balaban J connectivity index is 1.92. The Morgan fingerprint density at radius 2 is 1.90 bits per heavy atom. The van der Waals surface area contributed by atoms with Crippen molar-refractivity contribution in [2.24, 2.45) is 5.73 Å². The molecular formula is C15H17N5S. The van der Waals surface area contributed by atoms with Gasteiger partial charge in [-0.25, -0.2) is 9.97 Å². The molecule has 108 valence electrons. The number of H-pyrrole nitrogens is 1. The summed E-state index contributed by atoms with van der Waals surface area (Å²) >= 11 is 1.62. The van der Waals surface area contributed by atoms with Gasteiger partial charge in [0.2, 0.25) is 0 Å². The number of nitrogens with one attached hydrogen (secondary N) is 1. The van der Waals surface area contributed by atoms with Crippen molar-refractivity contribution in [1.29, 1.82) is 0 Å². The molecule has 5 nitrogen and oxygen atoms in total. The van der Waals surface area contributed by atoms with Crippen molar-refractivity contribution in [3.63, 3.8) is 0 Å². The molecule has 3 rings (SSSR count). The van der Waals surface area contributed by atoms with Crippen LogP contribution in [0.3, 0.4) is 0 Å². The highest BCUT2D eigenvalue weighted by Gasteiger charge is 2.14. The van der Waals surface area contributed by atoms with E-state index < -0.39 is 0 Å². The van der Waals surface area contributed by atoms with Gasteiger partial charge in [0.1, 0.15) is 0 Å². The van der Waals surface area contributed by atoms with Crippen LogP contribution < -0.4 is 5.73 Å². The molecule has 0 aliphatic carbocycles. The molecule has 21 heavy (non-hydrogen) atoms. The van der Waals surface area contributed by atoms with Crippen molar-refractivity contribution in [3.8, 4) is 22.1 Å². The van der Waals surface area contributed by atoms with Gasteiger partial charge in [-0.15, -0.1) is 11.3 Å². The van der Waals surface area contributed by atoms with E-state index in [4.69, 9.17) is 5.73 Å². The van der Waals surface area contributed by atoms with E-state index in [2.05, 4.69) is 39.2 Å². The molecule has 0 saturated carbocycles. The maximum atomic E-state index is 5.58. The molecule has 2 heterocycles. The number of nitrogens with two attached hydrogens (primary N) is 1. The van der Waals surface area contributed by atoms with Gasteiger partial charge in [-0.2, -0.15) is 5.10 Å². The highest BCUT2D eigenvalue weighted by molar-refractivity contribution is 7.15. The van der Waals surface area contributed by atoms with Crippen LogP contribution in [-0.2, 0) is 6.42 Å². The summed E-state index contributed by atoms with van der Waals surface area (Å²) in [5.74, 6) is 1.47. The predicted molar refractivity (Wildman–Crippen MR) is 85.2 cm³/mol. The van der Waals surface area contributed by atoms with Gasteiger partial charge in [0.05, 0.1) is 15.6 Å². The zero-order chi connectivity index (χ0) is 14.8. The molecule has 0 atom stereocenters. The molecule has 0 aliphatic heterocycles. The van der Waals surface area contributed by atoms with Gasteiger partial charge in [-0.3, -0.25) is 5.10 Å². The van der Waals surface area contributed by atoms with Crippen molar-refractivity contribution in [2.45, 2.75) is 20.3 Å². The van der Waals surface area contributed by atoms with Crippen LogP contribution in [0.4, 0.5) is 0 Å². The van der Waals surface area contributed by atoms with Crippen molar-refractivity contribution in [1.82, 2.24) is 20.2 Å². The number of hydrogen-bond acceptors (Lipinski definition) is 5. The smallest absolute Gasteiger partial charge is 0.181 e. The van der Waals surface area contributed by atoms with Crippen molar-refractivity contribution in [2.75, 3.05) is 6.54 Å². The molecule has 0 aliphatic rings. The number of rotatable bonds is 4. The first-order chi connectivity index (χ1) is 10.2. The van der Waals surface area contributed by atoms with Gasteiger partial charge >= 0.3 is 0 Å². The zero-order valence-corrected chi connectivity index (χ0v) is 12.9. The van der Waals surface area contributed by atoms with Crippen LogP contribution in [0.25, 0.3) is 22.1 Å². The van der Waals surface area contributed by atoms with Crippen molar-refractivity contribution < 1.29 is 0 Å². The molecule has 6 heteroatoms. The van der Waals surface area contributed by atoms with Gasteiger partial charge in [-0.1, -0.05) is 29.8 Å². The van der Waals surface area contributed by atoms with Gasteiger partial charge in [0.25, 0.3) is 0 Å². The Kier molecular flexibility index (Phi) is 3.81. The van der Waals surface area contributed by atoms with E-state index in [9.17, 15) is 0 Å². The van der Waals surface area contributed by atoms with Crippen molar-refractivity contribution >= 4 is 11.3 Å². The minimum atomic E-state index is 0.609. The Morgan fingerprint density at radius 1 is 1.14 bits per heavy atom. The summed E-state index contributed by atoms with van der Waals surface area (Å²) in [7, 11) is 0. The highest BCUT2D eigenvalue weighted by Crippen LogP contribution is 2.28. The normalized spacial score (nSPS) is 11.0. The quantitative estimate of drug-likeness (QED) is 0.776. The monoisotopic (exact) mass is 299 g/mol. The number of aryl methyl sites for hydroxylation is 2. The van der Waals surface area contributed by atoms with Crippen LogP contribution in [0.2, 0.25) is 0 Å². The summed E-state index contributed by atoms with van der Waals surface area (Å²) < 4.78 is 0. The molecule has 0 amide bonds. The molecule has 3 aromatic rings. The molecule has 0 radical (unpaired) electrons. The van der Waals surface area contributed by atoms with E-state index in [0.717, 1.165) is 33.4 Å². The second-order valence-corrected chi connectivity index (χ2v) is 6.02. The SMILES string of the molecule is Cc1ccc(-c2n[nH]c(-c3sc(CCN)nc3C)n2)cc1. The van der Waals surface area contributed by atoms with E-state index >= 15 is 0 Å². The second-order valence-electron chi connectivity index (χ2n) is 4.93. The summed E-state index contributed by atoms with van der Waals surface area (Å²) in [6.07, 6.45) is 0.796. The van der Waals surface area contributed by atoms with E-state index in [0.29, 0.717) is 12.4 Å². The van der Waals surface area contributed by atoms with Gasteiger partial charge < -0.3 is 5.73 Å². The fourth-order valence-electron chi connectivity index (χ4n) is 2.10. The first-order valence-electron chi connectivity index (χ1n) is 6.83. The molecule has 0 saturated heterocycles. The van der Waals surface area contributed by atoms with Gasteiger partial charge in [-0.05, 0) is 20.4 Å². The molecular weight excluding hydrogens is 282 g/mol. The number of thiazole rings is 1. The standard InChI is InChI=1S/C15H17N5S/c1-9-3-5-11(6-4-9)14-18-15(20-19-14)13-10(2)17-12(21-13)7-8-16/h3-6H,7-8,16H2,1-2H3,(H,18,19,20). The third kappa shape index (κ3) is 2.86. The fourth-order valence-corrected chi connectivity index (χ4v) is 3.12. The summed E-state index contributed by atoms with van der Waals surface area (Å²) in [4.78, 5) is 10.1. The molecule has 1 aromatic carbocycles. The average molecular weight is 299 g/mol. The third-order valence-corrected chi connectivity index (χ3v) is 4.43. The topological polar surface area (TPSA) is 80.5 Å². The molecule has 3 N–H and O–H groups in total. The highest BCUT2D eigenvalue weighted by atomic mass is 32.1. The van der Waals surface area contributed by atoms with Crippen LogP contribution in [-0.4, -0.2) is 26.7 Å². The van der Waals surface area contributed by atoms with Gasteiger partial charge in [0, 0.05) is 12.0 Å². The van der Waals surface area contributed by atoms with E-state index in [1.165, 1.54) is 5.56 Å². The fraction of sp³-hybridized carbons (Fsp3) is 0.267. The van der Waals surface area contributed by atoms with Crippen LogP contribution in [0, 0.1) is 13.8 Å². The lowest BCUT2D eigenvalue weighted by Crippen LogP contribution is -2.01. The second kappa shape index (κ2) is 5.75. The number of aromatic amines is 1. The predicted octanol–water partition coefficient (Wildman–Crippen LogP) is 2.71. The van der Waals surface area contributed by atoms with E-state index in [-0.39, 0.29) is 0 Å².